The van der Waals surface area contributed by atoms with Crippen molar-refractivity contribution in [1.29, 1.82) is 0 Å². The number of nitrogen functional groups attached to an aromatic ring is 1. The molecule has 0 saturated carbocycles. The van der Waals surface area contributed by atoms with Crippen molar-refractivity contribution >= 4 is 48.6 Å². The lowest BCUT2D eigenvalue weighted by Crippen LogP contribution is -2.27. The molecule has 0 unspecified atom stereocenters. The highest BCUT2D eigenvalue weighted by Gasteiger charge is 2.27. The monoisotopic (exact) mass is 407 g/mol. The van der Waals surface area contributed by atoms with Crippen molar-refractivity contribution in [2.24, 2.45) is 0 Å². The third-order valence-electron chi connectivity index (χ3n) is 4.91. The molecule has 4 rings (SSSR count). The zero-order chi connectivity index (χ0) is 20.8. The van der Waals surface area contributed by atoms with E-state index in [0.29, 0.717) is 5.69 Å². The van der Waals surface area contributed by atoms with Crippen LogP contribution >= 0.6 is 0 Å². The highest BCUT2D eigenvalue weighted by Crippen LogP contribution is 2.34. The van der Waals surface area contributed by atoms with Crippen LogP contribution in [0.4, 0.5) is 17.1 Å². The van der Waals surface area contributed by atoms with Crippen molar-refractivity contribution in [3.8, 4) is 0 Å². The molecule has 7 nitrogen and oxygen atoms in total. The Bertz CT molecular complexity index is 1380. The molecule has 0 aliphatic heterocycles. The number of anilines is 2. The molecule has 0 saturated heterocycles. The van der Waals surface area contributed by atoms with Gasteiger partial charge in [-0.15, -0.1) is 0 Å². The van der Waals surface area contributed by atoms with Crippen molar-refractivity contribution in [3.05, 3.63) is 82.9 Å². The average Bonchev–Trinajstić information content (AvgIpc) is 2.71. The van der Waals surface area contributed by atoms with Gasteiger partial charge in [0.1, 0.15) is 4.90 Å². The Hall–Kier alpha value is -3.65. The van der Waals surface area contributed by atoms with E-state index < -0.39 is 14.9 Å². The summed E-state index contributed by atoms with van der Waals surface area (Å²) in [6.07, 6.45) is 0. The number of nitro benzene ring substituents is 1. The third-order valence-corrected chi connectivity index (χ3v) is 6.74. The van der Waals surface area contributed by atoms with Crippen LogP contribution in [0.25, 0.3) is 21.5 Å². The van der Waals surface area contributed by atoms with Crippen LogP contribution in [-0.4, -0.2) is 20.4 Å². The molecule has 0 aromatic heterocycles. The second kappa shape index (κ2) is 6.75. The summed E-state index contributed by atoms with van der Waals surface area (Å²) in [6, 6.07) is 20.5. The largest absolute Gasteiger partial charge is 0.398 e. The van der Waals surface area contributed by atoms with Crippen LogP contribution in [0.3, 0.4) is 0 Å². The molecule has 0 aliphatic carbocycles. The lowest BCUT2D eigenvalue weighted by molar-refractivity contribution is -0.385. The fraction of sp³-hybridized carbons (Fsp3) is 0.0476. The molecule has 0 heterocycles. The van der Waals surface area contributed by atoms with E-state index in [-0.39, 0.29) is 16.3 Å². The number of benzene rings is 4. The van der Waals surface area contributed by atoms with Crippen LogP contribution in [0.15, 0.2) is 77.7 Å². The highest BCUT2D eigenvalue weighted by molar-refractivity contribution is 7.93. The number of rotatable bonds is 4. The Morgan fingerprint density at radius 2 is 1.55 bits per heavy atom. The molecule has 0 amide bonds. The predicted molar refractivity (Wildman–Crippen MR) is 115 cm³/mol. The van der Waals surface area contributed by atoms with Crippen LogP contribution < -0.4 is 10.0 Å². The van der Waals surface area contributed by atoms with Crippen LogP contribution in [-0.2, 0) is 10.0 Å². The Balaban J connectivity index is 1.91. The number of nitrogens with two attached hydrogens (primary N) is 1. The van der Waals surface area contributed by atoms with Gasteiger partial charge in [0, 0.05) is 24.6 Å². The van der Waals surface area contributed by atoms with Crippen LogP contribution in [0.2, 0.25) is 0 Å². The number of non-ortho nitro benzene ring substituents is 1. The molecule has 4 aromatic rings. The molecule has 29 heavy (non-hydrogen) atoms. The standard InChI is InChI=1S/C21H17N3O4S/c1-23(29(27,28)21-13-17(24(25)26)9-10-19(21)22)20-8-4-7-16-11-14-5-2-3-6-15(14)12-18(16)20/h2-13H,22H2,1H3. The first-order valence-corrected chi connectivity index (χ1v) is 10.2. The summed E-state index contributed by atoms with van der Waals surface area (Å²) in [4.78, 5) is 10.1. The Kier molecular flexibility index (Phi) is 4.35. The first-order chi connectivity index (χ1) is 13.8. The zero-order valence-electron chi connectivity index (χ0n) is 15.4. The first-order valence-electron chi connectivity index (χ1n) is 8.73. The first kappa shape index (κ1) is 18.7. The molecule has 0 spiro atoms. The zero-order valence-corrected chi connectivity index (χ0v) is 16.3. The summed E-state index contributed by atoms with van der Waals surface area (Å²) in [5, 5.41) is 14.7. The fourth-order valence-corrected chi connectivity index (χ4v) is 4.71. The maximum atomic E-state index is 13.3. The van der Waals surface area contributed by atoms with E-state index in [0.717, 1.165) is 31.9 Å². The molecule has 2 N–H and O–H groups in total. The van der Waals surface area contributed by atoms with Crippen molar-refractivity contribution < 1.29 is 13.3 Å². The van der Waals surface area contributed by atoms with Crippen LogP contribution in [0.1, 0.15) is 0 Å². The van der Waals surface area contributed by atoms with Gasteiger partial charge in [-0.1, -0.05) is 36.4 Å². The predicted octanol–water partition coefficient (Wildman–Crippen LogP) is 4.31. The lowest BCUT2D eigenvalue weighted by atomic mass is 10.0. The van der Waals surface area contributed by atoms with Gasteiger partial charge >= 0.3 is 0 Å². The summed E-state index contributed by atoms with van der Waals surface area (Å²) in [5.41, 5.74) is 5.92. The van der Waals surface area contributed by atoms with Crippen molar-refractivity contribution in [1.82, 2.24) is 0 Å². The number of fused-ring (bicyclic) bond motifs is 2. The van der Waals surface area contributed by atoms with E-state index in [4.69, 9.17) is 5.73 Å². The van der Waals surface area contributed by atoms with E-state index in [2.05, 4.69) is 0 Å². The number of sulfonamides is 1. The molecule has 0 bridgehead atoms. The third kappa shape index (κ3) is 3.13. The molecule has 146 valence electrons. The van der Waals surface area contributed by atoms with E-state index in [9.17, 15) is 18.5 Å². The molecule has 8 heteroatoms. The van der Waals surface area contributed by atoms with Gasteiger partial charge in [-0.05, 0) is 40.4 Å². The fourth-order valence-electron chi connectivity index (χ4n) is 3.36. The van der Waals surface area contributed by atoms with Crippen molar-refractivity contribution in [2.75, 3.05) is 17.1 Å². The van der Waals surface area contributed by atoms with Gasteiger partial charge in [0.15, 0.2) is 0 Å². The minimum Gasteiger partial charge on any atom is -0.398 e. The summed E-state index contributed by atoms with van der Waals surface area (Å²) in [5.74, 6) is 0. The quantitative estimate of drug-likeness (QED) is 0.235. The van der Waals surface area contributed by atoms with Gasteiger partial charge in [-0.2, -0.15) is 0 Å². The van der Waals surface area contributed by atoms with E-state index >= 15 is 0 Å². The van der Waals surface area contributed by atoms with Gasteiger partial charge in [-0.3, -0.25) is 14.4 Å². The number of nitrogens with zero attached hydrogens (tertiary/aromatic N) is 2. The number of hydrogen-bond donors (Lipinski definition) is 1. The van der Waals surface area contributed by atoms with Gasteiger partial charge in [-0.25, -0.2) is 8.42 Å². The van der Waals surface area contributed by atoms with Crippen molar-refractivity contribution in [2.45, 2.75) is 4.90 Å². The summed E-state index contributed by atoms with van der Waals surface area (Å²) in [6.45, 7) is 0. The second-order valence-corrected chi connectivity index (χ2v) is 8.59. The summed E-state index contributed by atoms with van der Waals surface area (Å²) >= 11 is 0. The molecular formula is C21H17N3O4S. The maximum Gasteiger partial charge on any atom is 0.270 e. The van der Waals surface area contributed by atoms with Gasteiger partial charge in [0.2, 0.25) is 0 Å². The highest BCUT2D eigenvalue weighted by atomic mass is 32.2. The number of nitro groups is 1. The smallest absolute Gasteiger partial charge is 0.270 e. The SMILES string of the molecule is CN(c1cccc2cc3ccccc3cc12)S(=O)(=O)c1cc([N+](=O)[O-])ccc1N. The van der Waals surface area contributed by atoms with E-state index in [1.807, 2.05) is 42.5 Å². The summed E-state index contributed by atoms with van der Waals surface area (Å²) < 4.78 is 27.6. The van der Waals surface area contributed by atoms with E-state index in [1.165, 1.54) is 19.2 Å². The molecule has 0 radical (unpaired) electrons. The second-order valence-electron chi connectivity index (χ2n) is 6.65. The van der Waals surface area contributed by atoms with Gasteiger partial charge in [0.05, 0.1) is 16.3 Å². The van der Waals surface area contributed by atoms with Gasteiger partial charge < -0.3 is 5.73 Å². The van der Waals surface area contributed by atoms with Crippen LogP contribution in [0, 0.1) is 10.1 Å². The topological polar surface area (TPSA) is 107 Å². The minimum atomic E-state index is -4.12. The minimum absolute atomic E-state index is 0.0480. The Labute approximate surface area is 167 Å². The maximum absolute atomic E-state index is 13.3. The van der Waals surface area contributed by atoms with Crippen LogP contribution in [0.5, 0.6) is 0 Å². The Morgan fingerprint density at radius 1 is 0.897 bits per heavy atom. The summed E-state index contributed by atoms with van der Waals surface area (Å²) in [7, 11) is -2.71. The van der Waals surface area contributed by atoms with Crippen molar-refractivity contribution in [3.63, 3.8) is 0 Å². The molecule has 4 aromatic carbocycles. The lowest BCUT2D eigenvalue weighted by Gasteiger charge is -2.22. The van der Waals surface area contributed by atoms with Gasteiger partial charge in [0.25, 0.3) is 15.7 Å². The average molecular weight is 407 g/mol. The normalized spacial score (nSPS) is 11.6. The molecule has 0 aliphatic rings. The number of hydrogen-bond acceptors (Lipinski definition) is 5. The molecule has 0 fully saturated rings. The molecule has 0 atom stereocenters. The Morgan fingerprint density at radius 3 is 2.24 bits per heavy atom. The van der Waals surface area contributed by atoms with E-state index in [1.54, 1.807) is 12.1 Å². The molecular weight excluding hydrogens is 390 g/mol.